The fourth-order valence-corrected chi connectivity index (χ4v) is 5.22. The van der Waals surface area contributed by atoms with Crippen LogP contribution in [0.15, 0.2) is 29.2 Å². The second-order valence-electron chi connectivity index (χ2n) is 7.16. The van der Waals surface area contributed by atoms with Crippen LogP contribution in [-0.2, 0) is 14.8 Å². The lowest BCUT2D eigenvalue weighted by molar-refractivity contribution is -0.138. The van der Waals surface area contributed by atoms with E-state index in [2.05, 4.69) is 6.92 Å². The monoisotopic (exact) mass is 368 g/mol. The highest BCUT2D eigenvalue weighted by molar-refractivity contribution is 7.89. The van der Waals surface area contributed by atoms with Crippen molar-refractivity contribution in [1.29, 1.82) is 0 Å². The number of hydrogen-bond donors (Lipinski definition) is 0. The molecule has 0 aromatic heterocycles. The van der Waals surface area contributed by atoms with Crippen LogP contribution in [0.4, 0.5) is 4.39 Å². The van der Waals surface area contributed by atoms with Gasteiger partial charge in [-0.25, -0.2) is 12.8 Å². The molecule has 0 spiro atoms. The van der Waals surface area contributed by atoms with Crippen molar-refractivity contribution < 1.29 is 17.6 Å². The molecule has 0 saturated carbocycles. The molecule has 0 aliphatic carbocycles. The van der Waals surface area contributed by atoms with Crippen LogP contribution in [0.3, 0.4) is 0 Å². The number of amides is 1. The summed E-state index contributed by atoms with van der Waals surface area (Å²) in [4.78, 5) is 14.7. The molecule has 1 aromatic rings. The van der Waals surface area contributed by atoms with E-state index in [1.807, 2.05) is 4.90 Å². The van der Waals surface area contributed by atoms with Crippen LogP contribution in [0.25, 0.3) is 0 Å². The number of hydrogen-bond acceptors (Lipinski definition) is 3. The summed E-state index contributed by atoms with van der Waals surface area (Å²) < 4.78 is 39.7. The molecule has 1 amide bonds. The average molecular weight is 368 g/mol. The average Bonchev–Trinajstić information content (AvgIpc) is 2.61. The molecule has 25 heavy (non-hydrogen) atoms. The fourth-order valence-electron chi connectivity index (χ4n) is 3.75. The third-order valence-corrected chi connectivity index (χ3v) is 7.14. The van der Waals surface area contributed by atoms with Gasteiger partial charge in [0.2, 0.25) is 15.9 Å². The summed E-state index contributed by atoms with van der Waals surface area (Å²) in [5.74, 6) is 0.158. The first kappa shape index (κ1) is 18.3. The minimum absolute atomic E-state index is 0.0926. The van der Waals surface area contributed by atoms with E-state index in [-0.39, 0.29) is 16.7 Å². The summed E-state index contributed by atoms with van der Waals surface area (Å²) >= 11 is 0. The van der Waals surface area contributed by atoms with Crippen LogP contribution in [0.5, 0.6) is 0 Å². The summed E-state index contributed by atoms with van der Waals surface area (Å²) in [5.41, 5.74) is 0. The van der Waals surface area contributed by atoms with E-state index >= 15 is 0 Å². The van der Waals surface area contributed by atoms with Gasteiger partial charge in [-0.3, -0.25) is 4.79 Å². The zero-order valence-electron chi connectivity index (χ0n) is 14.5. The van der Waals surface area contributed by atoms with E-state index < -0.39 is 15.8 Å². The van der Waals surface area contributed by atoms with E-state index in [1.165, 1.54) is 16.4 Å². The quantitative estimate of drug-likeness (QED) is 0.824. The van der Waals surface area contributed by atoms with Crippen molar-refractivity contribution in [2.24, 2.45) is 11.8 Å². The van der Waals surface area contributed by atoms with Gasteiger partial charge in [0.25, 0.3) is 0 Å². The van der Waals surface area contributed by atoms with Gasteiger partial charge in [-0.2, -0.15) is 4.31 Å². The molecular weight excluding hydrogens is 343 g/mol. The predicted molar refractivity (Wildman–Crippen MR) is 92.9 cm³/mol. The first-order chi connectivity index (χ1) is 11.9. The van der Waals surface area contributed by atoms with Crippen LogP contribution < -0.4 is 0 Å². The van der Waals surface area contributed by atoms with Crippen molar-refractivity contribution in [2.75, 3.05) is 26.2 Å². The van der Waals surface area contributed by atoms with Crippen molar-refractivity contribution in [3.8, 4) is 0 Å². The van der Waals surface area contributed by atoms with Crippen molar-refractivity contribution >= 4 is 15.9 Å². The minimum Gasteiger partial charge on any atom is -0.342 e. The Balaban J connectivity index is 1.61. The van der Waals surface area contributed by atoms with Crippen molar-refractivity contribution in [3.05, 3.63) is 30.1 Å². The van der Waals surface area contributed by atoms with Gasteiger partial charge in [-0.1, -0.05) is 6.92 Å². The summed E-state index contributed by atoms with van der Waals surface area (Å²) in [7, 11) is -3.62. The number of likely N-dealkylation sites (tertiary alicyclic amines) is 1. The van der Waals surface area contributed by atoms with Crippen molar-refractivity contribution in [1.82, 2.24) is 9.21 Å². The number of carbonyl (C=O) groups excluding carboxylic acids is 1. The summed E-state index contributed by atoms with van der Waals surface area (Å²) in [6, 6.07) is 4.88. The Hall–Kier alpha value is -1.47. The van der Waals surface area contributed by atoms with E-state index in [0.29, 0.717) is 31.8 Å². The van der Waals surface area contributed by atoms with E-state index in [1.54, 1.807) is 0 Å². The van der Waals surface area contributed by atoms with Gasteiger partial charge in [0.1, 0.15) is 5.82 Å². The minimum atomic E-state index is -3.62. The molecule has 2 saturated heterocycles. The lowest BCUT2D eigenvalue weighted by Crippen LogP contribution is -2.46. The molecule has 2 fully saturated rings. The second kappa shape index (κ2) is 7.41. The Morgan fingerprint density at radius 3 is 2.32 bits per heavy atom. The predicted octanol–water partition coefficient (Wildman–Crippen LogP) is 2.48. The first-order valence-corrected chi connectivity index (χ1v) is 10.4. The molecule has 2 heterocycles. The molecule has 0 unspecified atom stereocenters. The number of piperidine rings is 2. The van der Waals surface area contributed by atoms with Crippen molar-refractivity contribution in [3.63, 3.8) is 0 Å². The maximum absolute atomic E-state index is 13.0. The smallest absolute Gasteiger partial charge is 0.243 e. The molecule has 7 heteroatoms. The normalized spacial score (nSPS) is 23.6. The summed E-state index contributed by atoms with van der Waals surface area (Å²) in [6.45, 7) is 4.46. The maximum Gasteiger partial charge on any atom is 0.243 e. The summed E-state index contributed by atoms with van der Waals surface area (Å²) in [5, 5.41) is 0. The highest BCUT2D eigenvalue weighted by atomic mass is 32.2. The molecular formula is C18H25FN2O3S. The number of halogens is 1. The van der Waals surface area contributed by atoms with Gasteiger partial charge in [0.15, 0.2) is 0 Å². The molecule has 1 atom stereocenters. The molecule has 138 valence electrons. The second-order valence-corrected chi connectivity index (χ2v) is 9.10. The Labute approximate surface area is 148 Å². The molecule has 2 aliphatic rings. The Kier molecular flexibility index (Phi) is 5.43. The van der Waals surface area contributed by atoms with Gasteiger partial charge in [0.05, 0.1) is 4.90 Å². The molecule has 0 N–H and O–H groups in total. The zero-order chi connectivity index (χ0) is 18.0. The van der Waals surface area contributed by atoms with Crippen LogP contribution in [0, 0.1) is 17.7 Å². The van der Waals surface area contributed by atoms with Crippen LogP contribution in [0.1, 0.15) is 32.6 Å². The highest BCUT2D eigenvalue weighted by Crippen LogP contribution is 2.27. The first-order valence-electron chi connectivity index (χ1n) is 8.92. The highest BCUT2D eigenvalue weighted by Gasteiger charge is 2.34. The lowest BCUT2D eigenvalue weighted by Gasteiger charge is -2.36. The largest absolute Gasteiger partial charge is 0.342 e. The standard InChI is InChI=1S/C18H25FN2O3S/c1-14-3-2-10-20(13-14)18(22)15-8-11-21(12-9-15)25(23,24)17-6-4-16(19)5-7-17/h4-7,14-15H,2-3,8-13H2,1H3/t14-/m1/s1. The zero-order valence-corrected chi connectivity index (χ0v) is 15.3. The van der Waals surface area contributed by atoms with E-state index in [9.17, 15) is 17.6 Å². The Morgan fingerprint density at radius 2 is 1.72 bits per heavy atom. The van der Waals surface area contributed by atoms with Gasteiger partial charge in [-0.05, 0) is 55.9 Å². The third-order valence-electron chi connectivity index (χ3n) is 5.22. The number of nitrogens with zero attached hydrogens (tertiary/aromatic N) is 2. The molecule has 2 aliphatic heterocycles. The number of carbonyl (C=O) groups is 1. The van der Waals surface area contributed by atoms with Gasteiger partial charge < -0.3 is 4.90 Å². The Morgan fingerprint density at radius 1 is 1.08 bits per heavy atom. The van der Waals surface area contributed by atoms with Crippen LogP contribution in [0.2, 0.25) is 0 Å². The lowest BCUT2D eigenvalue weighted by atomic mass is 9.93. The molecule has 5 nitrogen and oxygen atoms in total. The third kappa shape index (κ3) is 4.03. The molecule has 0 radical (unpaired) electrons. The SMILES string of the molecule is C[C@@H]1CCCN(C(=O)C2CCN(S(=O)(=O)c3ccc(F)cc3)CC2)C1. The number of sulfonamides is 1. The molecule has 1 aromatic carbocycles. The Bertz CT molecular complexity index is 712. The fraction of sp³-hybridized carbons (Fsp3) is 0.611. The topological polar surface area (TPSA) is 57.7 Å². The number of benzene rings is 1. The van der Waals surface area contributed by atoms with E-state index in [4.69, 9.17) is 0 Å². The van der Waals surface area contributed by atoms with Crippen molar-refractivity contribution in [2.45, 2.75) is 37.5 Å². The van der Waals surface area contributed by atoms with Gasteiger partial charge in [0, 0.05) is 32.1 Å². The molecule has 3 rings (SSSR count). The van der Waals surface area contributed by atoms with Gasteiger partial charge in [-0.15, -0.1) is 0 Å². The van der Waals surface area contributed by atoms with Gasteiger partial charge >= 0.3 is 0 Å². The van der Waals surface area contributed by atoms with Crippen LogP contribution >= 0.6 is 0 Å². The van der Waals surface area contributed by atoms with Crippen LogP contribution in [-0.4, -0.2) is 49.7 Å². The summed E-state index contributed by atoms with van der Waals surface area (Å²) in [6.07, 6.45) is 3.30. The maximum atomic E-state index is 13.0. The molecule has 0 bridgehead atoms. The van der Waals surface area contributed by atoms with E-state index in [0.717, 1.165) is 38.1 Å². The number of rotatable bonds is 3.